The van der Waals surface area contributed by atoms with Gasteiger partial charge in [0.15, 0.2) is 0 Å². The summed E-state index contributed by atoms with van der Waals surface area (Å²) in [6.45, 7) is 7.02. The number of rotatable bonds is 6. The van der Waals surface area contributed by atoms with E-state index in [2.05, 4.69) is 24.4 Å². The van der Waals surface area contributed by atoms with Gasteiger partial charge < -0.3 is 10.4 Å². The monoisotopic (exact) mass is 277 g/mol. The molecule has 20 heavy (non-hydrogen) atoms. The van der Waals surface area contributed by atoms with Crippen LogP contribution in [0.1, 0.15) is 51.2 Å². The van der Waals surface area contributed by atoms with Gasteiger partial charge in [0.2, 0.25) is 5.91 Å². The highest BCUT2D eigenvalue weighted by molar-refractivity contribution is 5.86. The highest BCUT2D eigenvalue weighted by Crippen LogP contribution is 2.20. The van der Waals surface area contributed by atoms with Crippen LogP contribution in [-0.2, 0) is 16.0 Å². The smallest absolute Gasteiger partial charge is 0.328 e. The third-order valence-electron chi connectivity index (χ3n) is 3.44. The molecule has 0 saturated carbocycles. The summed E-state index contributed by atoms with van der Waals surface area (Å²) in [5.74, 6) is -1.22. The fourth-order valence-electron chi connectivity index (χ4n) is 1.93. The first-order valence-corrected chi connectivity index (χ1v) is 6.89. The van der Waals surface area contributed by atoms with Crippen molar-refractivity contribution in [2.24, 2.45) is 0 Å². The van der Waals surface area contributed by atoms with Crippen molar-refractivity contribution in [3.05, 3.63) is 35.4 Å². The van der Waals surface area contributed by atoms with E-state index in [4.69, 9.17) is 5.11 Å². The SMILES string of the molecule is CCc1ccc(C(C)CC(=O)NC(C)(C)C(=O)O)cc1. The fourth-order valence-corrected chi connectivity index (χ4v) is 1.93. The maximum absolute atomic E-state index is 11.9. The number of amides is 1. The van der Waals surface area contributed by atoms with E-state index in [1.807, 2.05) is 19.1 Å². The fraction of sp³-hybridized carbons (Fsp3) is 0.500. The van der Waals surface area contributed by atoms with Crippen LogP contribution >= 0.6 is 0 Å². The van der Waals surface area contributed by atoms with Gasteiger partial charge in [-0.05, 0) is 37.3 Å². The minimum absolute atomic E-state index is 0.0606. The molecule has 0 heterocycles. The zero-order valence-corrected chi connectivity index (χ0v) is 12.6. The molecule has 1 amide bonds. The van der Waals surface area contributed by atoms with Gasteiger partial charge in [-0.3, -0.25) is 4.79 Å². The molecule has 0 spiro atoms. The van der Waals surface area contributed by atoms with Crippen molar-refractivity contribution in [2.75, 3.05) is 0 Å². The van der Waals surface area contributed by atoms with Crippen LogP contribution < -0.4 is 5.32 Å². The molecular formula is C16H23NO3. The van der Waals surface area contributed by atoms with E-state index in [1.165, 1.54) is 19.4 Å². The highest BCUT2D eigenvalue weighted by Gasteiger charge is 2.29. The lowest BCUT2D eigenvalue weighted by atomic mass is 9.95. The zero-order valence-electron chi connectivity index (χ0n) is 12.6. The van der Waals surface area contributed by atoms with Gasteiger partial charge in [-0.2, -0.15) is 0 Å². The van der Waals surface area contributed by atoms with Crippen LogP contribution in [0.15, 0.2) is 24.3 Å². The Morgan fingerprint density at radius 2 is 1.80 bits per heavy atom. The molecular weight excluding hydrogens is 254 g/mol. The molecule has 0 aromatic heterocycles. The lowest BCUT2D eigenvalue weighted by molar-refractivity contribution is -0.146. The van der Waals surface area contributed by atoms with Gasteiger partial charge in [0.05, 0.1) is 0 Å². The van der Waals surface area contributed by atoms with Crippen molar-refractivity contribution in [2.45, 2.75) is 52.0 Å². The lowest BCUT2D eigenvalue weighted by Crippen LogP contribution is -2.49. The number of aryl methyl sites for hydroxylation is 1. The summed E-state index contributed by atoms with van der Waals surface area (Å²) in [6.07, 6.45) is 1.27. The number of nitrogens with one attached hydrogen (secondary N) is 1. The van der Waals surface area contributed by atoms with Crippen molar-refractivity contribution in [1.82, 2.24) is 5.32 Å². The van der Waals surface area contributed by atoms with Gasteiger partial charge in [-0.25, -0.2) is 4.79 Å². The van der Waals surface area contributed by atoms with Crippen molar-refractivity contribution in [3.63, 3.8) is 0 Å². The predicted octanol–water partition coefficient (Wildman–Crippen LogP) is 2.72. The first-order valence-electron chi connectivity index (χ1n) is 6.89. The number of carboxylic acids is 1. The second kappa shape index (κ2) is 6.55. The zero-order chi connectivity index (χ0) is 15.3. The molecule has 0 radical (unpaired) electrons. The van der Waals surface area contributed by atoms with Crippen LogP contribution in [-0.4, -0.2) is 22.5 Å². The Morgan fingerprint density at radius 1 is 1.25 bits per heavy atom. The summed E-state index contributed by atoms with van der Waals surface area (Å²) in [6, 6.07) is 8.17. The number of carbonyl (C=O) groups is 2. The maximum Gasteiger partial charge on any atom is 0.328 e. The van der Waals surface area contributed by atoms with Crippen LogP contribution in [0.5, 0.6) is 0 Å². The van der Waals surface area contributed by atoms with Gasteiger partial charge in [-0.1, -0.05) is 38.1 Å². The van der Waals surface area contributed by atoms with E-state index in [9.17, 15) is 9.59 Å². The van der Waals surface area contributed by atoms with Crippen LogP contribution in [0, 0.1) is 0 Å². The summed E-state index contributed by atoms with van der Waals surface area (Å²) in [7, 11) is 0. The average Bonchev–Trinajstić information content (AvgIpc) is 2.37. The highest BCUT2D eigenvalue weighted by atomic mass is 16.4. The molecule has 0 saturated heterocycles. The third kappa shape index (κ3) is 4.37. The molecule has 0 aliphatic rings. The third-order valence-corrected chi connectivity index (χ3v) is 3.44. The molecule has 1 rings (SSSR count). The summed E-state index contributed by atoms with van der Waals surface area (Å²) >= 11 is 0. The van der Waals surface area contributed by atoms with Gasteiger partial charge >= 0.3 is 5.97 Å². The van der Waals surface area contributed by atoms with Crippen molar-refractivity contribution < 1.29 is 14.7 Å². The van der Waals surface area contributed by atoms with Crippen molar-refractivity contribution >= 4 is 11.9 Å². The lowest BCUT2D eigenvalue weighted by Gasteiger charge is -2.22. The normalized spacial score (nSPS) is 12.8. The topological polar surface area (TPSA) is 66.4 Å². The quantitative estimate of drug-likeness (QED) is 0.840. The number of hydrogen-bond acceptors (Lipinski definition) is 2. The molecule has 1 unspecified atom stereocenters. The van der Waals surface area contributed by atoms with Gasteiger partial charge in [0.1, 0.15) is 5.54 Å². The van der Waals surface area contributed by atoms with Crippen LogP contribution in [0.3, 0.4) is 0 Å². The van der Waals surface area contributed by atoms with Crippen LogP contribution in [0.2, 0.25) is 0 Å². The summed E-state index contributed by atoms with van der Waals surface area (Å²) in [4.78, 5) is 22.9. The minimum atomic E-state index is -1.23. The minimum Gasteiger partial charge on any atom is -0.480 e. The summed E-state index contributed by atoms with van der Waals surface area (Å²) < 4.78 is 0. The second-order valence-corrected chi connectivity index (χ2v) is 5.68. The van der Waals surface area contributed by atoms with Crippen LogP contribution in [0.4, 0.5) is 0 Å². The Bertz CT molecular complexity index is 477. The van der Waals surface area contributed by atoms with E-state index in [1.54, 1.807) is 0 Å². The van der Waals surface area contributed by atoms with Gasteiger partial charge in [0, 0.05) is 6.42 Å². The maximum atomic E-state index is 11.9. The molecule has 2 N–H and O–H groups in total. The molecule has 4 nitrogen and oxygen atoms in total. The first-order chi connectivity index (χ1) is 9.26. The number of hydrogen-bond donors (Lipinski definition) is 2. The average molecular weight is 277 g/mol. The van der Waals surface area contributed by atoms with E-state index in [-0.39, 0.29) is 18.2 Å². The molecule has 1 aromatic rings. The predicted molar refractivity (Wildman–Crippen MR) is 78.7 cm³/mol. The molecule has 0 aliphatic carbocycles. The van der Waals surface area contributed by atoms with E-state index < -0.39 is 11.5 Å². The van der Waals surface area contributed by atoms with Gasteiger partial charge in [-0.15, -0.1) is 0 Å². The van der Waals surface area contributed by atoms with E-state index in [0.717, 1.165) is 12.0 Å². The summed E-state index contributed by atoms with van der Waals surface area (Å²) in [5, 5.41) is 11.5. The molecule has 1 atom stereocenters. The Morgan fingerprint density at radius 3 is 2.25 bits per heavy atom. The largest absolute Gasteiger partial charge is 0.480 e. The summed E-state index contributed by atoms with van der Waals surface area (Å²) in [5.41, 5.74) is 1.12. The number of carboxylic acid groups (broad SMARTS) is 1. The van der Waals surface area contributed by atoms with Crippen LogP contribution in [0.25, 0.3) is 0 Å². The Hall–Kier alpha value is -1.84. The van der Waals surface area contributed by atoms with Crippen molar-refractivity contribution in [1.29, 1.82) is 0 Å². The molecule has 110 valence electrons. The second-order valence-electron chi connectivity index (χ2n) is 5.68. The van der Waals surface area contributed by atoms with E-state index in [0.29, 0.717) is 0 Å². The Labute approximate surface area is 120 Å². The molecule has 0 aliphatic heterocycles. The Balaban J connectivity index is 2.63. The first kappa shape index (κ1) is 16.2. The molecule has 0 fully saturated rings. The number of benzene rings is 1. The Kier molecular flexibility index (Phi) is 5.31. The van der Waals surface area contributed by atoms with Gasteiger partial charge in [0.25, 0.3) is 0 Å². The standard InChI is InChI=1S/C16H23NO3/c1-5-12-6-8-13(9-7-12)11(2)10-14(18)17-16(3,4)15(19)20/h6-9,11H,5,10H2,1-4H3,(H,17,18)(H,19,20). The number of carbonyl (C=O) groups excluding carboxylic acids is 1. The molecule has 4 heteroatoms. The van der Waals surface area contributed by atoms with Crippen molar-refractivity contribution in [3.8, 4) is 0 Å². The van der Waals surface area contributed by atoms with E-state index >= 15 is 0 Å². The molecule has 1 aromatic carbocycles. The molecule has 0 bridgehead atoms. The number of aliphatic carboxylic acids is 1.